The van der Waals surface area contributed by atoms with E-state index in [9.17, 15) is 0 Å². The fourth-order valence-electron chi connectivity index (χ4n) is 0.358. The van der Waals surface area contributed by atoms with Gasteiger partial charge < -0.3 is 5.11 Å². The first-order chi connectivity index (χ1) is 4.61. The average molecular weight is 175 g/mol. The molecule has 0 heterocycles. The van der Waals surface area contributed by atoms with Crippen molar-refractivity contribution < 1.29 is 7.85 Å². The van der Waals surface area contributed by atoms with Crippen molar-refractivity contribution in [2.45, 2.75) is 0 Å². The van der Waals surface area contributed by atoms with Gasteiger partial charge in [-0.15, -0.1) is 0 Å². The van der Waals surface area contributed by atoms with E-state index in [0.29, 0.717) is 4.47 Å². The topological polar surface area (TPSA) is 20.2 Å². The van der Waals surface area contributed by atoms with Crippen LogP contribution in [0.1, 0.15) is 2.74 Å². The Balaban J connectivity index is 3.31. The molecule has 0 saturated carbocycles. The first-order valence-electron chi connectivity index (χ1n) is 3.07. The van der Waals surface area contributed by atoms with E-state index in [1.54, 1.807) is 0 Å². The van der Waals surface area contributed by atoms with Crippen LogP contribution in [0.5, 0.6) is 5.75 Å². The molecule has 1 aromatic rings. The number of benzene rings is 1. The summed E-state index contributed by atoms with van der Waals surface area (Å²) in [6, 6.07) is 2.82. The predicted molar refractivity (Wildman–Crippen MR) is 35.8 cm³/mol. The SMILES string of the molecule is [2H]c1cc(Br)cc([2H])c1O. The van der Waals surface area contributed by atoms with Gasteiger partial charge in [-0.1, -0.05) is 15.9 Å². The predicted octanol–water partition coefficient (Wildman–Crippen LogP) is 2.15. The molecule has 0 radical (unpaired) electrons. The summed E-state index contributed by atoms with van der Waals surface area (Å²) >= 11 is 3.10. The molecule has 0 bridgehead atoms. The zero-order chi connectivity index (χ0) is 7.72. The minimum absolute atomic E-state index is 0.0284. The molecule has 0 atom stereocenters. The summed E-state index contributed by atoms with van der Waals surface area (Å²) in [6.45, 7) is 0. The van der Waals surface area contributed by atoms with E-state index in [-0.39, 0.29) is 17.8 Å². The quantitative estimate of drug-likeness (QED) is 0.640. The van der Waals surface area contributed by atoms with Gasteiger partial charge in [0.1, 0.15) is 5.75 Å². The van der Waals surface area contributed by atoms with Crippen molar-refractivity contribution in [1.82, 2.24) is 0 Å². The molecule has 0 aromatic heterocycles. The van der Waals surface area contributed by atoms with Crippen molar-refractivity contribution in [3.05, 3.63) is 28.7 Å². The van der Waals surface area contributed by atoms with Crippen LogP contribution in [-0.4, -0.2) is 5.11 Å². The molecule has 0 unspecified atom stereocenters. The van der Waals surface area contributed by atoms with Crippen molar-refractivity contribution in [2.75, 3.05) is 0 Å². The second kappa shape index (κ2) is 2.18. The van der Waals surface area contributed by atoms with Crippen LogP contribution in [0.25, 0.3) is 0 Å². The molecule has 1 nitrogen and oxygen atoms in total. The highest BCUT2D eigenvalue weighted by Crippen LogP contribution is 2.13. The van der Waals surface area contributed by atoms with Crippen LogP contribution in [0.2, 0.25) is 0 Å². The third kappa shape index (κ3) is 1.23. The number of hydrogen-bond donors (Lipinski definition) is 1. The summed E-state index contributed by atoms with van der Waals surface area (Å²) in [5.41, 5.74) is 0. The molecular formula is C6H5BrO. The minimum Gasteiger partial charge on any atom is -0.508 e. The smallest absolute Gasteiger partial charge is 0.115 e. The highest BCUT2D eigenvalue weighted by molar-refractivity contribution is 9.10. The third-order valence-corrected chi connectivity index (χ3v) is 1.15. The molecule has 42 valence electrons. The molecule has 0 saturated heterocycles. The Morgan fingerprint density at radius 2 is 2.00 bits per heavy atom. The van der Waals surface area contributed by atoms with E-state index in [1.165, 1.54) is 12.1 Å². The Morgan fingerprint density at radius 1 is 1.50 bits per heavy atom. The summed E-state index contributed by atoms with van der Waals surface area (Å²) in [4.78, 5) is 0. The lowest BCUT2D eigenvalue weighted by Crippen LogP contribution is -1.61. The Labute approximate surface area is 58.9 Å². The van der Waals surface area contributed by atoms with Gasteiger partial charge in [-0.05, 0) is 24.2 Å². The molecule has 0 spiro atoms. The summed E-state index contributed by atoms with van der Waals surface area (Å²) in [6.07, 6.45) is 0. The summed E-state index contributed by atoms with van der Waals surface area (Å²) in [5.74, 6) is -0.275. The second-order valence-electron chi connectivity index (χ2n) is 1.31. The molecule has 0 aliphatic heterocycles. The Kier molecular flexibility index (Phi) is 0.956. The van der Waals surface area contributed by atoms with Crippen LogP contribution in [0, 0.1) is 0 Å². The van der Waals surface area contributed by atoms with Crippen molar-refractivity contribution in [3.8, 4) is 5.75 Å². The summed E-state index contributed by atoms with van der Waals surface area (Å²) in [7, 11) is 0. The highest BCUT2D eigenvalue weighted by Gasteiger charge is 1.83. The molecule has 0 fully saturated rings. The Morgan fingerprint density at radius 3 is 2.50 bits per heavy atom. The number of aromatic hydroxyl groups is 1. The number of phenolic OH excluding ortho intramolecular Hbond substituents is 1. The Hall–Kier alpha value is -0.500. The second-order valence-corrected chi connectivity index (χ2v) is 2.23. The maximum Gasteiger partial charge on any atom is 0.115 e. The standard InChI is InChI=1S/C6H5BrO/c7-5-1-3-6(8)4-2-5/h1-4,8H/i3D,4D. The summed E-state index contributed by atoms with van der Waals surface area (Å²) in [5, 5.41) is 8.93. The van der Waals surface area contributed by atoms with Crippen molar-refractivity contribution >= 4 is 15.9 Å². The number of rotatable bonds is 0. The molecular weight excluding hydrogens is 168 g/mol. The van der Waals surface area contributed by atoms with Crippen molar-refractivity contribution in [2.24, 2.45) is 0 Å². The lowest BCUT2D eigenvalue weighted by molar-refractivity contribution is 0.475. The van der Waals surface area contributed by atoms with Gasteiger partial charge in [0, 0.05) is 4.47 Å². The minimum atomic E-state index is -0.275. The molecule has 0 aliphatic carbocycles. The largest absolute Gasteiger partial charge is 0.508 e. The molecule has 0 aliphatic rings. The lowest BCUT2D eigenvalue weighted by atomic mass is 10.3. The fourth-order valence-corrected chi connectivity index (χ4v) is 0.587. The van der Waals surface area contributed by atoms with E-state index in [1.807, 2.05) is 0 Å². The van der Waals surface area contributed by atoms with Crippen molar-refractivity contribution in [3.63, 3.8) is 0 Å². The lowest BCUT2D eigenvalue weighted by Gasteiger charge is -1.87. The zero-order valence-electron chi connectivity index (χ0n) is 5.98. The molecule has 8 heavy (non-hydrogen) atoms. The normalized spacial score (nSPS) is 12.6. The van der Waals surface area contributed by atoms with Gasteiger partial charge in [0.2, 0.25) is 0 Å². The molecule has 1 aromatic carbocycles. The van der Waals surface area contributed by atoms with Gasteiger partial charge in [0.15, 0.2) is 0 Å². The maximum absolute atomic E-state index is 8.93. The van der Waals surface area contributed by atoms with Crippen molar-refractivity contribution in [1.29, 1.82) is 0 Å². The highest BCUT2D eigenvalue weighted by atomic mass is 79.9. The molecule has 1 rings (SSSR count). The van der Waals surface area contributed by atoms with E-state index < -0.39 is 0 Å². The van der Waals surface area contributed by atoms with Gasteiger partial charge in [0.05, 0.1) is 2.74 Å². The zero-order valence-corrected chi connectivity index (χ0v) is 5.57. The monoisotopic (exact) mass is 174 g/mol. The molecule has 1 N–H and O–H groups in total. The number of phenols is 1. The van der Waals surface area contributed by atoms with Crippen LogP contribution in [-0.2, 0) is 0 Å². The first-order valence-corrected chi connectivity index (χ1v) is 2.86. The third-order valence-electron chi connectivity index (χ3n) is 0.694. The van der Waals surface area contributed by atoms with Crippen LogP contribution in [0.4, 0.5) is 0 Å². The maximum atomic E-state index is 8.93. The summed E-state index contributed by atoms with van der Waals surface area (Å²) < 4.78 is 14.8. The van der Waals surface area contributed by atoms with Gasteiger partial charge in [-0.3, -0.25) is 0 Å². The average Bonchev–Trinajstić information content (AvgIpc) is 1.82. The van der Waals surface area contributed by atoms with Gasteiger partial charge in [0.25, 0.3) is 0 Å². The van der Waals surface area contributed by atoms with E-state index >= 15 is 0 Å². The van der Waals surface area contributed by atoms with Gasteiger partial charge in [-0.25, -0.2) is 0 Å². The van der Waals surface area contributed by atoms with Crippen LogP contribution in [0.15, 0.2) is 28.7 Å². The van der Waals surface area contributed by atoms with E-state index in [0.717, 1.165) is 0 Å². The number of halogens is 1. The fraction of sp³-hybridized carbons (Fsp3) is 0. The van der Waals surface area contributed by atoms with Crippen LogP contribution in [0.3, 0.4) is 0 Å². The molecule has 0 amide bonds. The van der Waals surface area contributed by atoms with Gasteiger partial charge in [-0.2, -0.15) is 0 Å². The van der Waals surface area contributed by atoms with Crippen LogP contribution < -0.4 is 0 Å². The molecule has 2 heteroatoms. The first kappa shape index (κ1) is 3.51. The van der Waals surface area contributed by atoms with Crippen LogP contribution >= 0.6 is 15.9 Å². The van der Waals surface area contributed by atoms with E-state index in [2.05, 4.69) is 15.9 Å². The van der Waals surface area contributed by atoms with E-state index in [4.69, 9.17) is 7.85 Å². The number of hydrogen-bond acceptors (Lipinski definition) is 1. The van der Waals surface area contributed by atoms with Gasteiger partial charge >= 0.3 is 0 Å². The Bertz CT molecular complexity index is 239.